The van der Waals surface area contributed by atoms with Crippen molar-refractivity contribution in [3.8, 4) is 0 Å². The highest BCUT2D eigenvalue weighted by Gasteiger charge is 2.32. The van der Waals surface area contributed by atoms with Gasteiger partial charge in [-0.3, -0.25) is 4.79 Å². The summed E-state index contributed by atoms with van der Waals surface area (Å²) in [5, 5.41) is 9.45. The van der Waals surface area contributed by atoms with E-state index in [0.29, 0.717) is 9.91 Å². The Balaban J connectivity index is 2.09. The van der Waals surface area contributed by atoms with E-state index in [1.807, 2.05) is 18.2 Å². The highest BCUT2D eigenvalue weighted by Crippen LogP contribution is 2.38. The molecule has 0 unspecified atom stereocenters. The van der Waals surface area contributed by atoms with E-state index in [1.54, 1.807) is 6.07 Å². The summed E-state index contributed by atoms with van der Waals surface area (Å²) in [5.41, 5.74) is -0.0693. The maximum Gasteiger partial charge on any atom is 0.416 e. The van der Waals surface area contributed by atoms with Crippen LogP contribution in [0.2, 0.25) is 0 Å². The molecule has 0 spiro atoms. The van der Waals surface area contributed by atoms with Crippen LogP contribution in [0.15, 0.2) is 48.5 Å². The van der Waals surface area contributed by atoms with E-state index < -0.39 is 17.7 Å². The van der Waals surface area contributed by atoms with Crippen LogP contribution in [0.1, 0.15) is 16.1 Å². The molecule has 0 radical (unpaired) electrons. The van der Waals surface area contributed by atoms with Crippen LogP contribution in [0, 0.1) is 0 Å². The van der Waals surface area contributed by atoms with Crippen molar-refractivity contribution < 1.29 is 23.1 Å². The van der Waals surface area contributed by atoms with Crippen molar-refractivity contribution in [3.63, 3.8) is 0 Å². The molecule has 134 valence electrons. The highest BCUT2D eigenvalue weighted by molar-refractivity contribution is 8.09. The second-order valence-corrected chi connectivity index (χ2v) is 7.31. The van der Waals surface area contributed by atoms with Gasteiger partial charge in [0, 0.05) is 4.91 Å². The molecule has 0 amide bonds. The number of rotatable bonds is 5. The lowest BCUT2D eigenvalue weighted by molar-refractivity contribution is -0.137. The Hall–Kier alpha value is -2.32. The number of para-hydroxylation sites is 1. The molecule has 1 heterocycles. The molecule has 26 heavy (non-hydrogen) atoms. The largest absolute Gasteiger partial charge is 0.481 e. The van der Waals surface area contributed by atoms with Crippen LogP contribution in [-0.2, 0) is 11.0 Å². The number of aliphatic carboxylic acids is 1. The second-order valence-electron chi connectivity index (χ2n) is 5.26. The quantitative estimate of drug-likeness (QED) is 0.608. The molecule has 0 atom stereocenters. The van der Waals surface area contributed by atoms with E-state index >= 15 is 0 Å². The minimum absolute atomic E-state index is 0.0212. The third-order valence-electron chi connectivity index (χ3n) is 3.41. The first-order valence-electron chi connectivity index (χ1n) is 7.43. The summed E-state index contributed by atoms with van der Waals surface area (Å²) < 4.78 is 40.6. The highest BCUT2D eigenvalue weighted by atomic mass is 32.2. The number of thioether (sulfide) groups is 1. The molecule has 0 bridgehead atoms. The van der Waals surface area contributed by atoms with E-state index in [-0.39, 0.29) is 11.3 Å². The summed E-state index contributed by atoms with van der Waals surface area (Å²) >= 11 is 2.27. The number of benzene rings is 2. The number of hydrogen-bond donors (Lipinski definition) is 1. The Morgan fingerprint density at radius 3 is 2.54 bits per heavy atom. The number of alkyl halides is 3. The molecule has 3 nitrogen and oxygen atoms in total. The van der Waals surface area contributed by atoms with Crippen molar-refractivity contribution in [2.45, 2.75) is 6.18 Å². The lowest BCUT2D eigenvalue weighted by atomic mass is 10.1. The molecular formula is C18H12F3NO2S2. The lowest BCUT2D eigenvalue weighted by Crippen LogP contribution is -2.07. The fourth-order valence-corrected chi connectivity index (χ4v) is 4.14. The van der Waals surface area contributed by atoms with Gasteiger partial charge in [0.25, 0.3) is 0 Å². The SMILES string of the molecule is O=C(O)CS/C(=C\c1ccccc1C(F)(F)F)c1nc2ccccc2s1. The number of thiazole rings is 1. The standard InChI is InChI=1S/C18H12F3NO2S2/c19-18(20,21)12-6-2-1-5-11(12)9-15(25-10-16(23)24)17-22-13-7-3-4-8-14(13)26-17/h1-9H,10H2,(H,23,24)/b15-9-. The average molecular weight is 395 g/mol. The molecule has 8 heteroatoms. The van der Waals surface area contributed by atoms with E-state index in [1.165, 1.54) is 35.6 Å². The zero-order chi connectivity index (χ0) is 18.7. The zero-order valence-corrected chi connectivity index (χ0v) is 14.8. The van der Waals surface area contributed by atoms with Crippen LogP contribution in [0.5, 0.6) is 0 Å². The third kappa shape index (κ3) is 4.25. The van der Waals surface area contributed by atoms with E-state index in [4.69, 9.17) is 5.11 Å². The molecule has 0 aliphatic rings. The summed E-state index contributed by atoms with van der Waals surface area (Å²) in [6.07, 6.45) is -3.14. The molecular weight excluding hydrogens is 383 g/mol. The molecule has 1 N–H and O–H groups in total. The number of carboxylic acids is 1. The number of carbonyl (C=O) groups is 1. The average Bonchev–Trinajstić information content (AvgIpc) is 3.01. The first-order chi connectivity index (χ1) is 12.3. The fourth-order valence-electron chi connectivity index (χ4n) is 2.30. The van der Waals surface area contributed by atoms with Crippen molar-refractivity contribution in [1.82, 2.24) is 4.98 Å². The van der Waals surface area contributed by atoms with Crippen molar-refractivity contribution >= 4 is 50.3 Å². The van der Waals surface area contributed by atoms with E-state index in [2.05, 4.69) is 4.98 Å². The van der Waals surface area contributed by atoms with Crippen molar-refractivity contribution in [2.75, 3.05) is 5.75 Å². The number of carboxylic acid groups (broad SMARTS) is 1. The number of halogens is 3. The van der Waals surface area contributed by atoms with Gasteiger partial charge in [-0.05, 0) is 29.8 Å². The van der Waals surface area contributed by atoms with Gasteiger partial charge in [-0.25, -0.2) is 4.98 Å². The van der Waals surface area contributed by atoms with Gasteiger partial charge in [-0.15, -0.1) is 23.1 Å². The van der Waals surface area contributed by atoms with Crippen LogP contribution < -0.4 is 0 Å². The van der Waals surface area contributed by atoms with Gasteiger partial charge in [0.1, 0.15) is 5.01 Å². The molecule has 0 saturated heterocycles. The van der Waals surface area contributed by atoms with Crippen LogP contribution >= 0.6 is 23.1 Å². The predicted octanol–water partition coefficient (Wildman–Crippen LogP) is 5.63. The Bertz CT molecular complexity index is 947. The number of aromatic nitrogens is 1. The molecule has 2 aromatic carbocycles. The lowest BCUT2D eigenvalue weighted by Gasteiger charge is -2.11. The number of nitrogens with zero attached hydrogens (tertiary/aromatic N) is 1. The summed E-state index contributed by atoms with van der Waals surface area (Å²) in [4.78, 5) is 15.8. The van der Waals surface area contributed by atoms with Crippen molar-refractivity contribution in [3.05, 3.63) is 64.7 Å². The Kier molecular flexibility index (Phi) is 5.33. The number of fused-ring (bicyclic) bond motifs is 1. The van der Waals surface area contributed by atoms with Gasteiger partial charge in [0.05, 0.1) is 21.5 Å². The summed E-state index contributed by atoms with van der Waals surface area (Å²) in [6.45, 7) is 0. The van der Waals surface area contributed by atoms with Crippen molar-refractivity contribution in [2.24, 2.45) is 0 Å². The Labute approximate surface area is 155 Å². The van der Waals surface area contributed by atoms with Gasteiger partial charge >= 0.3 is 12.1 Å². The monoisotopic (exact) mass is 395 g/mol. The Morgan fingerprint density at radius 2 is 1.85 bits per heavy atom. The topological polar surface area (TPSA) is 50.2 Å². The minimum Gasteiger partial charge on any atom is -0.481 e. The molecule has 0 aliphatic carbocycles. The first-order valence-corrected chi connectivity index (χ1v) is 9.23. The van der Waals surface area contributed by atoms with Gasteiger partial charge in [0.2, 0.25) is 0 Å². The van der Waals surface area contributed by atoms with Crippen molar-refractivity contribution in [1.29, 1.82) is 0 Å². The second kappa shape index (κ2) is 7.51. The summed E-state index contributed by atoms with van der Waals surface area (Å²) in [5.74, 6) is -1.32. The molecule has 3 rings (SSSR count). The van der Waals surface area contributed by atoms with Gasteiger partial charge in [-0.1, -0.05) is 30.3 Å². The van der Waals surface area contributed by atoms with Gasteiger partial charge in [0.15, 0.2) is 0 Å². The zero-order valence-electron chi connectivity index (χ0n) is 13.2. The number of hydrogen-bond acceptors (Lipinski definition) is 4. The maximum absolute atomic E-state index is 13.2. The van der Waals surface area contributed by atoms with E-state index in [9.17, 15) is 18.0 Å². The fraction of sp³-hybridized carbons (Fsp3) is 0.111. The van der Waals surface area contributed by atoms with E-state index in [0.717, 1.165) is 28.0 Å². The molecule has 0 saturated carbocycles. The smallest absolute Gasteiger partial charge is 0.416 e. The van der Waals surface area contributed by atoms with Crippen LogP contribution in [0.4, 0.5) is 13.2 Å². The van der Waals surface area contributed by atoms with Gasteiger partial charge in [-0.2, -0.15) is 13.2 Å². The minimum atomic E-state index is -4.50. The summed E-state index contributed by atoms with van der Waals surface area (Å²) in [6, 6.07) is 12.5. The Morgan fingerprint density at radius 1 is 1.15 bits per heavy atom. The van der Waals surface area contributed by atoms with Crippen LogP contribution in [0.3, 0.4) is 0 Å². The molecule has 1 aromatic heterocycles. The first kappa shape index (κ1) is 18.5. The van der Waals surface area contributed by atoms with Gasteiger partial charge < -0.3 is 5.11 Å². The molecule has 0 fully saturated rings. The van der Waals surface area contributed by atoms with Crippen LogP contribution in [-0.4, -0.2) is 21.8 Å². The normalized spacial score (nSPS) is 12.5. The van der Waals surface area contributed by atoms with Crippen LogP contribution in [0.25, 0.3) is 21.2 Å². The summed E-state index contributed by atoms with van der Waals surface area (Å²) in [7, 11) is 0. The molecule has 3 aromatic rings. The third-order valence-corrected chi connectivity index (χ3v) is 5.62. The molecule has 0 aliphatic heterocycles. The maximum atomic E-state index is 13.2. The predicted molar refractivity (Wildman–Crippen MR) is 99.0 cm³/mol.